The van der Waals surface area contributed by atoms with E-state index in [0.717, 1.165) is 18.7 Å². The third kappa shape index (κ3) is 4.39. The van der Waals surface area contributed by atoms with Gasteiger partial charge in [-0.2, -0.15) is 5.10 Å². The van der Waals surface area contributed by atoms with Gasteiger partial charge in [0.25, 0.3) is 5.91 Å². The van der Waals surface area contributed by atoms with Crippen molar-refractivity contribution in [1.29, 1.82) is 0 Å². The van der Waals surface area contributed by atoms with Crippen molar-refractivity contribution in [2.24, 2.45) is 5.10 Å². The zero-order chi connectivity index (χ0) is 19.2. The van der Waals surface area contributed by atoms with Gasteiger partial charge in [-0.15, -0.1) is 0 Å². The van der Waals surface area contributed by atoms with Crippen molar-refractivity contribution in [3.63, 3.8) is 0 Å². The number of hydrogen-bond acceptors (Lipinski definition) is 5. The molecule has 0 spiro atoms. The van der Waals surface area contributed by atoms with Gasteiger partial charge in [0, 0.05) is 18.8 Å². The van der Waals surface area contributed by atoms with Crippen LogP contribution in [0.4, 0.5) is 5.69 Å². The number of phenolic OH excluding ortho intramolecular Hbond substituents is 1. The molecule has 0 saturated carbocycles. The number of para-hydroxylation sites is 1. The van der Waals surface area contributed by atoms with E-state index in [-0.39, 0.29) is 17.1 Å². The predicted molar refractivity (Wildman–Crippen MR) is 107 cm³/mol. The molecule has 3 rings (SSSR count). The number of piperidine rings is 1. The molecular weight excluding hydrogens is 342 g/mol. The number of carbonyl (C=O) groups excluding carboxylic acids is 1. The van der Waals surface area contributed by atoms with E-state index in [1.807, 2.05) is 19.1 Å². The summed E-state index contributed by atoms with van der Waals surface area (Å²) in [6, 6.07) is 13.0. The molecule has 1 aliphatic rings. The highest BCUT2D eigenvalue weighted by Crippen LogP contribution is 2.29. The van der Waals surface area contributed by atoms with Crippen molar-refractivity contribution in [1.82, 2.24) is 5.43 Å². The molecule has 142 valence electrons. The van der Waals surface area contributed by atoms with Crippen LogP contribution in [0.2, 0.25) is 0 Å². The van der Waals surface area contributed by atoms with E-state index in [9.17, 15) is 9.90 Å². The third-order valence-electron chi connectivity index (χ3n) is 4.79. The maximum Gasteiger partial charge on any atom is 0.275 e. The molecule has 0 bridgehead atoms. The molecule has 1 fully saturated rings. The number of carbonyl (C=O) groups is 1. The van der Waals surface area contributed by atoms with Gasteiger partial charge in [0.2, 0.25) is 0 Å². The van der Waals surface area contributed by atoms with E-state index < -0.39 is 5.91 Å². The number of rotatable bonds is 5. The lowest BCUT2D eigenvalue weighted by Crippen LogP contribution is -2.29. The quantitative estimate of drug-likeness (QED) is 0.626. The minimum atomic E-state index is -0.490. The van der Waals surface area contributed by atoms with Gasteiger partial charge < -0.3 is 14.7 Å². The van der Waals surface area contributed by atoms with Crippen molar-refractivity contribution in [3.05, 3.63) is 53.6 Å². The van der Waals surface area contributed by atoms with Crippen LogP contribution in [0.15, 0.2) is 47.6 Å². The molecule has 6 heteroatoms. The van der Waals surface area contributed by atoms with Gasteiger partial charge >= 0.3 is 0 Å². The fourth-order valence-electron chi connectivity index (χ4n) is 3.20. The van der Waals surface area contributed by atoms with Gasteiger partial charge in [-0.05, 0) is 56.0 Å². The van der Waals surface area contributed by atoms with E-state index in [1.165, 1.54) is 38.1 Å². The minimum absolute atomic E-state index is 0.117. The molecule has 2 aromatic rings. The second-order valence-corrected chi connectivity index (χ2v) is 6.59. The molecule has 1 heterocycles. The molecule has 2 aromatic carbocycles. The Labute approximate surface area is 159 Å². The van der Waals surface area contributed by atoms with E-state index >= 15 is 0 Å². The number of anilines is 1. The molecule has 27 heavy (non-hydrogen) atoms. The Bertz CT molecular complexity index is 825. The topological polar surface area (TPSA) is 74.2 Å². The van der Waals surface area contributed by atoms with Crippen molar-refractivity contribution >= 4 is 17.3 Å². The monoisotopic (exact) mass is 367 g/mol. The molecule has 0 atom stereocenters. The van der Waals surface area contributed by atoms with Crippen LogP contribution >= 0.6 is 0 Å². The SMILES string of the molecule is COc1cccc(C(=O)NN=C(C)c2ccc(N3CCCCC3)cc2)c1O. The van der Waals surface area contributed by atoms with E-state index in [4.69, 9.17) is 4.74 Å². The first kappa shape index (κ1) is 18.8. The minimum Gasteiger partial charge on any atom is -0.504 e. The number of benzene rings is 2. The summed E-state index contributed by atoms with van der Waals surface area (Å²) in [5.41, 5.74) is 5.45. The smallest absolute Gasteiger partial charge is 0.275 e. The van der Waals surface area contributed by atoms with Crippen LogP contribution in [0, 0.1) is 0 Å². The summed E-state index contributed by atoms with van der Waals surface area (Å²) in [6.45, 7) is 4.04. The number of amides is 1. The molecule has 0 aliphatic carbocycles. The lowest BCUT2D eigenvalue weighted by Gasteiger charge is -2.28. The molecule has 1 amide bonds. The number of aromatic hydroxyl groups is 1. The van der Waals surface area contributed by atoms with E-state index in [0.29, 0.717) is 5.71 Å². The van der Waals surface area contributed by atoms with Crippen molar-refractivity contribution < 1.29 is 14.6 Å². The Morgan fingerprint density at radius 2 is 1.81 bits per heavy atom. The number of hydrogen-bond donors (Lipinski definition) is 2. The van der Waals surface area contributed by atoms with Gasteiger partial charge in [0.1, 0.15) is 0 Å². The van der Waals surface area contributed by atoms with Crippen LogP contribution in [0.5, 0.6) is 11.5 Å². The molecule has 2 N–H and O–H groups in total. The predicted octanol–water partition coefficient (Wildman–Crippen LogP) is 3.55. The summed E-state index contributed by atoms with van der Waals surface area (Å²) in [5, 5.41) is 14.2. The van der Waals surface area contributed by atoms with Crippen molar-refractivity contribution in [2.45, 2.75) is 26.2 Å². The van der Waals surface area contributed by atoms with Gasteiger partial charge in [-0.25, -0.2) is 5.43 Å². The third-order valence-corrected chi connectivity index (χ3v) is 4.79. The maximum absolute atomic E-state index is 12.3. The first-order valence-corrected chi connectivity index (χ1v) is 9.16. The highest BCUT2D eigenvalue weighted by atomic mass is 16.5. The Morgan fingerprint density at radius 3 is 2.48 bits per heavy atom. The lowest BCUT2D eigenvalue weighted by molar-refractivity contribution is 0.0951. The second kappa shape index (κ2) is 8.58. The number of nitrogens with zero attached hydrogens (tertiary/aromatic N) is 2. The summed E-state index contributed by atoms with van der Waals surface area (Å²) in [5.74, 6) is -0.441. The molecular formula is C21H25N3O3. The van der Waals surface area contributed by atoms with Crippen molar-refractivity contribution in [3.8, 4) is 11.5 Å². The largest absolute Gasteiger partial charge is 0.504 e. The second-order valence-electron chi connectivity index (χ2n) is 6.59. The number of hydrazone groups is 1. The molecule has 6 nitrogen and oxygen atoms in total. The average molecular weight is 367 g/mol. The maximum atomic E-state index is 12.3. The summed E-state index contributed by atoms with van der Waals surface area (Å²) >= 11 is 0. The number of ether oxygens (including phenoxy) is 1. The summed E-state index contributed by atoms with van der Waals surface area (Å²) < 4.78 is 5.02. The number of phenols is 1. The van der Waals surface area contributed by atoms with Crippen LogP contribution in [-0.2, 0) is 0 Å². The van der Waals surface area contributed by atoms with Gasteiger partial charge in [-0.1, -0.05) is 18.2 Å². The highest BCUT2D eigenvalue weighted by molar-refractivity contribution is 6.02. The number of nitrogens with one attached hydrogen (secondary N) is 1. The van der Waals surface area contributed by atoms with Crippen LogP contribution in [-0.4, -0.2) is 36.9 Å². The highest BCUT2D eigenvalue weighted by Gasteiger charge is 2.14. The normalized spacial score (nSPS) is 14.7. The first-order chi connectivity index (χ1) is 13.1. The zero-order valence-corrected chi connectivity index (χ0v) is 15.7. The molecule has 0 unspecified atom stereocenters. The van der Waals surface area contributed by atoms with Gasteiger partial charge in [0.15, 0.2) is 11.5 Å². The molecule has 0 aromatic heterocycles. The average Bonchev–Trinajstić information content (AvgIpc) is 2.72. The summed E-state index contributed by atoms with van der Waals surface area (Å²) in [7, 11) is 1.44. The standard InChI is InChI=1S/C21H25N3O3/c1-15(16-9-11-17(12-10-16)24-13-4-3-5-14-24)22-23-21(26)18-7-6-8-19(27-2)20(18)25/h6-12,25H,3-5,13-14H2,1-2H3,(H,23,26). The van der Waals surface area contributed by atoms with Gasteiger partial charge in [-0.3, -0.25) is 4.79 Å². The van der Waals surface area contributed by atoms with Crippen LogP contribution in [0.3, 0.4) is 0 Å². The molecule has 1 aliphatic heterocycles. The Morgan fingerprint density at radius 1 is 1.11 bits per heavy atom. The zero-order valence-electron chi connectivity index (χ0n) is 15.7. The lowest BCUT2D eigenvalue weighted by atomic mass is 10.1. The Kier molecular flexibility index (Phi) is 5.96. The summed E-state index contributed by atoms with van der Waals surface area (Å²) in [4.78, 5) is 14.7. The number of methoxy groups -OCH3 is 1. The van der Waals surface area contributed by atoms with Gasteiger partial charge in [0.05, 0.1) is 18.4 Å². The fraction of sp³-hybridized carbons (Fsp3) is 0.333. The van der Waals surface area contributed by atoms with Crippen molar-refractivity contribution in [2.75, 3.05) is 25.1 Å². The van der Waals surface area contributed by atoms with E-state index in [1.54, 1.807) is 12.1 Å². The van der Waals surface area contributed by atoms with Crippen LogP contribution in [0.1, 0.15) is 42.1 Å². The fourth-order valence-corrected chi connectivity index (χ4v) is 3.20. The van der Waals surface area contributed by atoms with Crippen LogP contribution in [0.25, 0.3) is 0 Å². The van der Waals surface area contributed by atoms with E-state index in [2.05, 4.69) is 27.6 Å². The Balaban J connectivity index is 1.67. The first-order valence-electron chi connectivity index (χ1n) is 9.16. The Hall–Kier alpha value is -3.02. The molecule has 0 radical (unpaired) electrons. The molecule has 1 saturated heterocycles. The van der Waals surface area contributed by atoms with Crippen LogP contribution < -0.4 is 15.1 Å². The summed E-state index contributed by atoms with van der Waals surface area (Å²) in [6.07, 6.45) is 3.79.